The topological polar surface area (TPSA) is 64.3 Å². The van der Waals surface area contributed by atoms with Gasteiger partial charge in [0.1, 0.15) is 5.82 Å². The number of nitrogens with zero attached hydrogens (tertiary/aromatic N) is 3. The van der Waals surface area contributed by atoms with Crippen LogP contribution in [0.25, 0.3) is 0 Å². The van der Waals surface area contributed by atoms with E-state index in [1.165, 1.54) is 0 Å². The van der Waals surface area contributed by atoms with Gasteiger partial charge in [0.25, 0.3) is 0 Å². The number of hydrogen-bond donors (Lipinski definition) is 1. The van der Waals surface area contributed by atoms with Crippen molar-refractivity contribution in [1.82, 2.24) is 9.97 Å². The van der Waals surface area contributed by atoms with Gasteiger partial charge in [-0.3, -0.25) is 0 Å². The van der Waals surface area contributed by atoms with Gasteiger partial charge in [-0.2, -0.15) is 4.98 Å². The molecule has 1 aliphatic heterocycles. The summed E-state index contributed by atoms with van der Waals surface area (Å²) in [7, 11) is 0. The Morgan fingerprint density at radius 1 is 1.35 bits per heavy atom. The minimum atomic E-state index is -0.0174. The molecule has 5 nitrogen and oxygen atoms in total. The lowest BCUT2D eigenvalue weighted by atomic mass is 10.1. The Kier molecular flexibility index (Phi) is 5.04. The molecule has 1 atom stereocenters. The first kappa shape index (κ1) is 16.5. The monoisotopic (exact) mass is 396 g/mol. The second kappa shape index (κ2) is 7.03. The first-order valence-electron chi connectivity index (χ1n) is 7.45. The molecule has 0 amide bonds. The van der Waals surface area contributed by atoms with Crippen molar-refractivity contribution in [2.75, 3.05) is 30.4 Å². The fourth-order valence-corrected chi connectivity index (χ4v) is 3.42. The third kappa shape index (κ3) is 3.76. The van der Waals surface area contributed by atoms with E-state index in [9.17, 15) is 0 Å². The molecule has 122 valence electrons. The highest BCUT2D eigenvalue weighted by Gasteiger charge is 2.27. The summed E-state index contributed by atoms with van der Waals surface area (Å²) in [6, 6.07) is 7.79. The molecule has 0 aliphatic carbocycles. The Hall–Kier alpha value is -1.37. The Bertz CT molecular complexity index is 692. The van der Waals surface area contributed by atoms with Gasteiger partial charge in [-0.05, 0) is 37.1 Å². The Balaban J connectivity index is 2.05. The van der Waals surface area contributed by atoms with Crippen LogP contribution in [0.2, 0.25) is 5.02 Å². The number of anilines is 2. The van der Waals surface area contributed by atoms with Crippen LogP contribution in [0.3, 0.4) is 0 Å². The first-order chi connectivity index (χ1) is 11.0. The van der Waals surface area contributed by atoms with Crippen molar-refractivity contribution in [2.45, 2.75) is 19.4 Å². The van der Waals surface area contributed by atoms with Crippen LogP contribution in [-0.2, 0) is 4.74 Å². The zero-order chi connectivity index (χ0) is 16.4. The minimum absolute atomic E-state index is 0.0174. The van der Waals surface area contributed by atoms with Gasteiger partial charge in [-0.1, -0.05) is 27.5 Å². The third-order valence-corrected chi connectivity index (χ3v) is 4.65. The van der Waals surface area contributed by atoms with Crippen molar-refractivity contribution < 1.29 is 4.74 Å². The van der Waals surface area contributed by atoms with E-state index in [1.807, 2.05) is 31.2 Å². The van der Waals surface area contributed by atoms with Gasteiger partial charge in [-0.25, -0.2) is 4.98 Å². The van der Waals surface area contributed by atoms with Crippen molar-refractivity contribution in [3.63, 3.8) is 0 Å². The van der Waals surface area contributed by atoms with Crippen LogP contribution in [0.5, 0.6) is 0 Å². The molecule has 23 heavy (non-hydrogen) atoms. The SMILES string of the molecule is Cc1cc(N2CCCOC[C@@H]2c2cc(Br)ccc2Cl)nc(N)n1. The van der Waals surface area contributed by atoms with Crippen molar-refractivity contribution in [3.8, 4) is 0 Å². The van der Waals surface area contributed by atoms with Crippen LogP contribution in [-0.4, -0.2) is 29.7 Å². The zero-order valence-electron chi connectivity index (χ0n) is 12.8. The van der Waals surface area contributed by atoms with Gasteiger partial charge in [0.2, 0.25) is 5.95 Å². The molecule has 0 unspecified atom stereocenters. The summed E-state index contributed by atoms with van der Waals surface area (Å²) in [5.74, 6) is 1.09. The number of benzene rings is 1. The second-order valence-corrected chi connectivity index (χ2v) is 6.85. The molecular formula is C16H18BrClN4O. The van der Waals surface area contributed by atoms with Crippen molar-refractivity contribution in [3.05, 3.63) is 45.0 Å². The maximum absolute atomic E-state index is 6.44. The molecule has 0 bridgehead atoms. The number of halogens is 2. The molecule has 1 aromatic carbocycles. The van der Waals surface area contributed by atoms with Crippen molar-refractivity contribution >= 4 is 39.3 Å². The highest BCUT2D eigenvalue weighted by atomic mass is 79.9. The first-order valence-corrected chi connectivity index (χ1v) is 8.62. The number of hydrogen-bond acceptors (Lipinski definition) is 5. The fourth-order valence-electron chi connectivity index (χ4n) is 2.80. The maximum atomic E-state index is 6.44. The number of aromatic nitrogens is 2. The van der Waals surface area contributed by atoms with Crippen molar-refractivity contribution in [2.24, 2.45) is 0 Å². The molecule has 3 rings (SSSR count). The normalized spacial score (nSPS) is 18.7. The van der Waals surface area contributed by atoms with E-state index >= 15 is 0 Å². The molecular weight excluding hydrogens is 380 g/mol. The number of ether oxygens (including phenoxy) is 1. The van der Waals surface area contributed by atoms with E-state index in [0.717, 1.165) is 41.1 Å². The Morgan fingerprint density at radius 3 is 2.96 bits per heavy atom. The second-order valence-electron chi connectivity index (χ2n) is 5.53. The molecule has 0 spiro atoms. The summed E-state index contributed by atoms with van der Waals surface area (Å²) in [6.07, 6.45) is 0.922. The maximum Gasteiger partial charge on any atom is 0.222 e. The summed E-state index contributed by atoms with van der Waals surface area (Å²) in [6.45, 7) is 4.01. The van der Waals surface area contributed by atoms with Crippen molar-refractivity contribution in [1.29, 1.82) is 0 Å². The summed E-state index contributed by atoms with van der Waals surface area (Å²) in [4.78, 5) is 10.8. The molecule has 1 saturated heterocycles. The molecule has 0 radical (unpaired) electrons. The molecule has 2 heterocycles. The summed E-state index contributed by atoms with van der Waals surface area (Å²) >= 11 is 9.96. The predicted molar refractivity (Wildman–Crippen MR) is 95.9 cm³/mol. The molecule has 0 saturated carbocycles. The molecule has 1 fully saturated rings. The van der Waals surface area contributed by atoms with E-state index in [1.54, 1.807) is 0 Å². The Morgan fingerprint density at radius 2 is 2.17 bits per heavy atom. The fraction of sp³-hybridized carbons (Fsp3) is 0.375. The lowest BCUT2D eigenvalue weighted by Crippen LogP contribution is -2.32. The van der Waals surface area contributed by atoms with Gasteiger partial charge >= 0.3 is 0 Å². The van der Waals surface area contributed by atoms with Gasteiger partial charge < -0.3 is 15.4 Å². The minimum Gasteiger partial charge on any atom is -0.379 e. The molecule has 7 heteroatoms. The average Bonchev–Trinajstić information content (AvgIpc) is 2.74. The highest BCUT2D eigenvalue weighted by Crippen LogP contribution is 2.34. The molecule has 1 aliphatic rings. The Labute approximate surface area is 148 Å². The van der Waals surface area contributed by atoms with E-state index in [-0.39, 0.29) is 12.0 Å². The molecule has 2 N–H and O–H groups in total. The zero-order valence-corrected chi connectivity index (χ0v) is 15.1. The van der Waals surface area contributed by atoms with E-state index in [4.69, 9.17) is 22.1 Å². The van der Waals surface area contributed by atoms with Crippen LogP contribution < -0.4 is 10.6 Å². The number of rotatable bonds is 2. The molecule has 2 aromatic rings. The lowest BCUT2D eigenvalue weighted by molar-refractivity contribution is 0.134. The highest BCUT2D eigenvalue weighted by molar-refractivity contribution is 9.10. The smallest absolute Gasteiger partial charge is 0.222 e. The van der Waals surface area contributed by atoms with Gasteiger partial charge in [0.15, 0.2) is 0 Å². The summed E-state index contributed by atoms with van der Waals surface area (Å²) in [5, 5.41) is 0.715. The predicted octanol–water partition coefficient (Wildman–Crippen LogP) is 3.75. The van der Waals surface area contributed by atoms with Crippen LogP contribution in [0, 0.1) is 6.92 Å². The van der Waals surface area contributed by atoms with Crippen LogP contribution in [0.15, 0.2) is 28.7 Å². The van der Waals surface area contributed by atoms with Crippen LogP contribution >= 0.6 is 27.5 Å². The number of aryl methyl sites for hydroxylation is 1. The van der Waals surface area contributed by atoms with E-state index in [0.29, 0.717) is 11.6 Å². The van der Waals surface area contributed by atoms with Gasteiger partial charge in [-0.15, -0.1) is 0 Å². The third-order valence-electron chi connectivity index (χ3n) is 3.81. The number of nitrogens with two attached hydrogens (primary N) is 1. The van der Waals surface area contributed by atoms with Crippen LogP contribution in [0.1, 0.15) is 23.7 Å². The number of nitrogen functional groups attached to an aromatic ring is 1. The van der Waals surface area contributed by atoms with Crippen LogP contribution in [0.4, 0.5) is 11.8 Å². The molecule has 1 aromatic heterocycles. The van der Waals surface area contributed by atoms with Gasteiger partial charge in [0.05, 0.1) is 12.6 Å². The lowest BCUT2D eigenvalue weighted by Gasteiger charge is -2.31. The summed E-state index contributed by atoms with van der Waals surface area (Å²) in [5.41, 5.74) is 7.69. The standard InChI is InChI=1S/C16H18BrClN4O/c1-10-7-15(21-16(19)20-10)22-5-2-6-23-9-14(22)12-8-11(17)3-4-13(12)18/h3-4,7-8,14H,2,5-6,9H2,1H3,(H2,19,20,21)/t14-/m1/s1. The van der Waals surface area contributed by atoms with E-state index < -0.39 is 0 Å². The van der Waals surface area contributed by atoms with Gasteiger partial charge in [0, 0.05) is 34.4 Å². The quantitative estimate of drug-likeness (QED) is 0.836. The largest absolute Gasteiger partial charge is 0.379 e. The van der Waals surface area contributed by atoms with E-state index in [2.05, 4.69) is 30.8 Å². The average molecular weight is 398 g/mol. The summed E-state index contributed by atoms with van der Waals surface area (Å²) < 4.78 is 6.76.